The summed E-state index contributed by atoms with van der Waals surface area (Å²) in [7, 11) is 1.62. The Labute approximate surface area is 118 Å². The van der Waals surface area contributed by atoms with Crippen molar-refractivity contribution >= 4 is 5.91 Å². The second-order valence-electron chi connectivity index (χ2n) is 4.53. The first-order chi connectivity index (χ1) is 9.69. The Balaban J connectivity index is 1.93. The van der Waals surface area contributed by atoms with Crippen molar-refractivity contribution in [1.29, 1.82) is 0 Å². The molecule has 0 fully saturated rings. The summed E-state index contributed by atoms with van der Waals surface area (Å²) in [5.74, 6) is 6.50. The molecule has 0 bridgehead atoms. The maximum absolute atomic E-state index is 12.0. The zero-order valence-corrected chi connectivity index (χ0v) is 11.5. The van der Waals surface area contributed by atoms with Crippen LogP contribution in [0.2, 0.25) is 0 Å². The van der Waals surface area contributed by atoms with Gasteiger partial charge in [-0.05, 0) is 23.3 Å². The number of hydrazine groups is 1. The largest absolute Gasteiger partial charge is 0.497 e. The van der Waals surface area contributed by atoms with E-state index in [9.17, 15) is 4.79 Å². The van der Waals surface area contributed by atoms with Crippen LogP contribution in [-0.4, -0.2) is 18.0 Å². The number of amides is 1. The van der Waals surface area contributed by atoms with Crippen LogP contribution in [0.4, 0.5) is 0 Å². The molecular weight excluding hydrogens is 252 g/mol. The van der Waals surface area contributed by atoms with Gasteiger partial charge in [0.1, 0.15) is 5.75 Å². The topological polar surface area (TPSA) is 55.6 Å². The van der Waals surface area contributed by atoms with E-state index in [1.165, 1.54) is 5.01 Å². The molecule has 2 rings (SSSR count). The van der Waals surface area contributed by atoms with Crippen molar-refractivity contribution in [1.82, 2.24) is 5.01 Å². The van der Waals surface area contributed by atoms with Crippen molar-refractivity contribution < 1.29 is 9.53 Å². The van der Waals surface area contributed by atoms with Gasteiger partial charge < -0.3 is 4.74 Å². The highest BCUT2D eigenvalue weighted by Gasteiger charge is 2.10. The third kappa shape index (κ3) is 3.83. The standard InChI is InChI=1S/C16H18N2O2/c1-20-15-9-7-14(8-10-15)12-18(17)16(19)11-13-5-3-2-4-6-13/h2-10H,11-12,17H2,1H3. The summed E-state index contributed by atoms with van der Waals surface area (Å²) < 4.78 is 5.09. The van der Waals surface area contributed by atoms with E-state index in [-0.39, 0.29) is 5.91 Å². The van der Waals surface area contributed by atoms with E-state index in [1.54, 1.807) is 7.11 Å². The van der Waals surface area contributed by atoms with Gasteiger partial charge in [-0.1, -0.05) is 42.5 Å². The van der Waals surface area contributed by atoms with Gasteiger partial charge in [0.25, 0.3) is 0 Å². The molecular formula is C16H18N2O2. The number of ether oxygens (including phenoxy) is 1. The highest BCUT2D eigenvalue weighted by Crippen LogP contribution is 2.12. The Bertz CT molecular complexity index is 552. The molecule has 1 amide bonds. The summed E-state index contributed by atoms with van der Waals surface area (Å²) in [5.41, 5.74) is 1.93. The molecule has 4 heteroatoms. The number of rotatable bonds is 5. The number of benzene rings is 2. The maximum atomic E-state index is 12.0. The number of hydrogen-bond donors (Lipinski definition) is 1. The van der Waals surface area contributed by atoms with E-state index in [0.29, 0.717) is 13.0 Å². The highest BCUT2D eigenvalue weighted by atomic mass is 16.5. The van der Waals surface area contributed by atoms with Crippen LogP contribution in [0.25, 0.3) is 0 Å². The van der Waals surface area contributed by atoms with E-state index < -0.39 is 0 Å². The van der Waals surface area contributed by atoms with E-state index in [4.69, 9.17) is 10.6 Å². The molecule has 0 aliphatic carbocycles. The number of carbonyl (C=O) groups excluding carboxylic acids is 1. The lowest BCUT2D eigenvalue weighted by Gasteiger charge is -2.17. The molecule has 20 heavy (non-hydrogen) atoms. The fourth-order valence-electron chi connectivity index (χ4n) is 1.89. The van der Waals surface area contributed by atoms with E-state index in [2.05, 4.69) is 0 Å². The van der Waals surface area contributed by atoms with Crippen LogP contribution in [0.15, 0.2) is 54.6 Å². The Hall–Kier alpha value is -2.33. The lowest BCUT2D eigenvalue weighted by atomic mass is 10.1. The van der Waals surface area contributed by atoms with Crippen molar-refractivity contribution in [2.45, 2.75) is 13.0 Å². The molecule has 0 aliphatic heterocycles. The predicted molar refractivity (Wildman–Crippen MR) is 77.9 cm³/mol. The van der Waals surface area contributed by atoms with E-state index in [0.717, 1.165) is 16.9 Å². The van der Waals surface area contributed by atoms with Crippen LogP contribution < -0.4 is 10.6 Å². The summed E-state index contributed by atoms with van der Waals surface area (Å²) in [6, 6.07) is 17.1. The Morgan fingerprint density at radius 2 is 1.70 bits per heavy atom. The number of carbonyl (C=O) groups is 1. The van der Waals surface area contributed by atoms with Gasteiger partial charge in [0.05, 0.1) is 20.1 Å². The molecule has 0 heterocycles. The predicted octanol–water partition coefficient (Wildman–Crippen LogP) is 2.14. The minimum absolute atomic E-state index is 0.105. The van der Waals surface area contributed by atoms with Gasteiger partial charge in [0.2, 0.25) is 5.91 Å². The number of nitrogens with zero attached hydrogens (tertiary/aromatic N) is 1. The third-order valence-corrected chi connectivity index (χ3v) is 3.03. The summed E-state index contributed by atoms with van der Waals surface area (Å²) in [6.07, 6.45) is 0.313. The average molecular weight is 270 g/mol. The first-order valence-corrected chi connectivity index (χ1v) is 6.41. The van der Waals surface area contributed by atoms with Crippen LogP contribution in [0, 0.1) is 0 Å². The van der Waals surface area contributed by atoms with Gasteiger partial charge in [-0.25, -0.2) is 5.84 Å². The molecule has 0 aromatic heterocycles. The van der Waals surface area contributed by atoms with Gasteiger partial charge in [-0.2, -0.15) is 0 Å². The van der Waals surface area contributed by atoms with Crippen LogP contribution in [0.1, 0.15) is 11.1 Å². The van der Waals surface area contributed by atoms with Crippen LogP contribution in [-0.2, 0) is 17.8 Å². The molecule has 0 saturated heterocycles. The fourth-order valence-corrected chi connectivity index (χ4v) is 1.89. The molecule has 2 aromatic rings. The fraction of sp³-hybridized carbons (Fsp3) is 0.188. The first-order valence-electron chi connectivity index (χ1n) is 6.41. The smallest absolute Gasteiger partial charge is 0.241 e. The first kappa shape index (κ1) is 14.1. The molecule has 104 valence electrons. The minimum Gasteiger partial charge on any atom is -0.497 e. The summed E-state index contributed by atoms with van der Waals surface area (Å²) in [4.78, 5) is 12.0. The van der Waals surface area contributed by atoms with Gasteiger partial charge in [-0.15, -0.1) is 0 Å². The molecule has 0 radical (unpaired) electrons. The second-order valence-corrected chi connectivity index (χ2v) is 4.53. The van der Waals surface area contributed by atoms with Crippen molar-refractivity contribution in [2.24, 2.45) is 5.84 Å². The maximum Gasteiger partial charge on any atom is 0.241 e. The van der Waals surface area contributed by atoms with Crippen LogP contribution in [0.5, 0.6) is 5.75 Å². The molecule has 0 atom stereocenters. The number of nitrogens with two attached hydrogens (primary N) is 1. The number of methoxy groups -OCH3 is 1. The molecule has 4 nitrogen and oxygen atoms in total. The van der Waals surface area contributed by atoms with Gasteiger partial charge in [0, 0.05) is 0 Å². The van der Waals surface area contributed by atoms with E-state index in [1.807, 2.05) is 54.6 Å². The van der Waals surface area contributed by atoms with E-state index >= 15 is 0 Å². The number of hydrogen-bond acceptors (Lipinski definition) is 3. The van der Waals surface area contributed by atoms with Crippen LogP contribution >= 0.6 is 0 Å². The summed E-state index contributed by atoms with van der Waals surface area (Å²) in [6.45, 7) is 0.385. The van der Waals surface area contributed by atoms with Crippen molar-refractivity contribution in [3.63, 3.8) is 0 Å². The lowest BCUT2D eigenvalue weighted by molar-refractivity contribution is -0.131. The third-order valence-electron chi connectivity index (χ3n) is 3.03. The van der Waals surface area contributed by atoms with Crippen molar-refractivity contribution in [2.75, 3.05) is 7.11 Å². The van der Waals surface area contributed by atoms with Gasteiger partial charge in [0.15, 0.2) is 0 Å². The van der Waals surface area contributed by atoms with Gasteiger partial charge in [-0.3, -0.25) is 9.80 Å². The molecule has 0 saturated carbocycles. The summed E-state index contributed by atoms with van der Waals surface area (Å²) in [5, 5.41) is 1.24. The Kier molecular flexibility index (Phi) is 4.74. The molecule has 0 unspecified atom stereocenters. The highest BCUT2D eigenvalue weighted by molar-refractivity contribution is 5.78. The molecule has 0 aliphatic rings. The second kappa shape index (κ2) is 6.73. The van der Waals surface area contributed by atoms with Crippen molar-refractivity contribution in [3.05, 3.63) is 65.7 Å². The van der Waals surface area contributed by atoms with Gasteiger partial charge >= 0.3 is 0 Å². The van der Waals surface area contributed by atoms with Crippen LogP contribution in [0.3, 0.4) is 0 Å². The Morgan fingerprint density at radius 1 is 1.05 bits per heavy atom. The minimum atomic E-state index is -0.105. The SMILES string of the molecule is COc1ccc(CN(N)C(=O)Cc2ccccc2)cc1. The summed E-state index contributed by atoms with van der Waals surface area (Å²) >= 11 is 0. The zero-order chi connectivity index (χ0) is 14.4. The monoisotopic (exact) mass is 270 g/mol. The normalized spacial score (nSPS) is 10.1. The Morgan fingerprint density at radius 3 is 2.30 bits per heavy atom. The average Bonchev–Trinajstić information content (AvgIpc) is 2.49. The quantitative estimate of drug-likeness (QED) is 0.514. The molecule has 0 spiro atoms. The molecule has 2 N–H and O–H groups in total. The van der Waals surface area contributed by atoms with Crippen molar-refractivity contribution in [3.8, 4) is 5.75 Å². The zero-order valence-electron chi connectivity index (χ0n) is 11.5. The lowest BCUT2D eigenvalue weighted by Crippen LogP contribution is -2.37. The molecule has 2 aromatic carbocycles.